The second-order valence-corrected chi connectivity index (χ2v) is 6.48. The number of aromatic amines is 1. The lowest BCUT2D eigenvalue weighted by atomic mass is 9.78. The molecule has 0 radical (unpaired) electrons. The second kappa shape index (κ2) is 5.26. The average Bonchev–Trinajstić information content (AvgIpc) is 2.69. The van der Waals surface area contributed by atoms with Gasteiger partial charge in [-0.15, -0.1) is 0 Å². The van der Waals surface area contributed by atoms with E-state index < -0.39 is 5.41 Å². The molecule has 0 aromatic carbocycles. The van der Waals surface area contributed by atoms with Crippen molar-refractivity contribution >= 4 is 17.6 Å². The number of hydrogen-bond acceptors (Lipinski definition) is 3. The van der Waals surface area contributed by atoms with Crippen molar-refractivity contribution < 1.29 is 9.59 Å². The molecule has 6 nitrogen and oxygen atoms in total. The van der Waals surface area contributed by atoms with Crippen LogP contribution in [-0.2, 0) is 9.59 Å². The molecule has 0 atom stereocenters. The van der Waals surface area contributed by atoms with Crippen LogP contribution in [0.2, 0.25) is 0 Å². The normalized spacial score (nSPS) is 22.0. The fourth-order valence-electron chi connectivity index (χ4n) is 2.19. The molecule has 0 aliphatic heterocycles. The van der Waals surface area contributed by atoms with Gasteiger partial charge in [-0.25, -0.2) is 0 Å². The maximum Gasteiger partial charge on any atom is 0.230 e. The first-order valence-electron chi connectivity index (χ1n) is 6.89. The molecule has 0 bridgehead atoms. The van der Waals surface area contributed by atoms with E-state index in [-0.39, 0.29) is 17.9 Å². The number of hydrogen-bond donors (Lipinski definition) is 3. The molecule has 6 heteroatoms. The maximum atomic E-state index is 11.9. The zero-order chi connectivity index (χ0) is 14.9. The number of anilines is 1. The molecule has 1 saturated carbocycles. The van der Waals surface area contributed by atoms with Crippen molar-refractivity contribution in [1.82, 2.24) is 15.5 Å². The van der Waals surface area contributed by atoms with Crippen LogP contribution < -0.4 is 10.6 Å². The number of nitrogens with one attached hydrogen (secondary N) is 3. The van der Waals surface area contributed by atoms with Gasteiger partial charge in [0.2, 0.25) is 11.8 Å². The summed E-state index contributed by atoms with van der Waals surface area (Å²) >= 11 is 0. The van der Waals surface area contributed by atoms with Gasteiger partial charge in [-0.2, -0.15) is 5.10 Å². The number of carbonyl (C=O) groups is 2. The van der Waals surface area contributed by atoms with E-state index in [1.165, 1.54) is 6.92 Å². The molecule has 3 N–H and O–H groups in total. The molecular formula is C14H22N4O2. The SMILES string of the molecule is CC(=O)N[C@H]1C[C@@H](c2cc(NC(=O)C(C)(C)C)n[nH]2)C1. The molecule has 20 heavy (non-hydrogen) atoms. The largest absolute Gasteiger partial charge is 0.354 e. The highest BCUT2D eigenvalue weighted by atomic mass is 16.2. The first kappa shape index (κ1) is 14.6. The summed E-state index contributed by atoms with van der Waals surface area (Å²) in [5.74, 6) is 0.888. The molecule has 1 fully saturated rings. The summed E-state index contributed by atoms with van der Waals surface area (Å²) in [6.07, 6.45) is 1.82. The number of H-pyrrole nitrogens is 1. The maximum absolute atomic E-state index is 11.9. The van der Waals surface area contributed by atoms with E-state index in [0.29, 0.717) is 11.7 Å². The number of aromatic nitrogens is 2. The van der Waals surface area contributed by atoms with Crippen LogP contribution in [0.4, 0.5) is 5.82 Å². The van der Waals surface area contributed by atoms with Gasteiger partial charge in [0.05, 0.1) is 0 Å². The van der Waals surface area contributed by atoms with Gasteiger partial charge in [-0.3, -0.25) is 14.7 Å². The van der Waals surface area contributed by atoms with Crippen LogP contribution in [0.5, 0.6) is 0 Å². The van der Waals surface area contributed by atoms with Gasteiger partial charge in [0, 0.05) is 36.1 Å². The number of nitrogens with zero attached hydrogens (tertiary/aromatic N) is 1. The Kier molecular flexibility index (Phi) is 3.83. The molecule has 0 spiro atoms. The Morgan fingerprint density at radius 3 is 2.55 bits per heavy atom. The third kappa shape index (κ3) is 3.37. The fourth-order valence-corrected chi connectivity index (χ4v) is 2.19. The predicted octanol–water partition coefficient (Wildman–Crippen LogP) is 1.78. The fraction of sp³-hybridized carbons (Fsp3) is 0.643. The molecule has 0 unspecified atom stereocenters. The van der Waals surface area contributed by atoms with E-state index in [1.807, 2.05) is 26.8 Å². The third-order valence-electron chi connectivity index (χ3n) is 3.51. The number of rotatable bonds is 3. The quantitative estimate of drug-likeness (QED) is 0.787. The van der Waals surface area contributed by atoms with Gasteiger partial charge in [0.1, 0.15) is 0 Å². The Labute approximate surface area is 118 Å². The van der Waals surface area contributed by atoms with E-state index >= 15 is 0 Å². The van der Waals surface area contributed by atoms with E-state index in [2.05, 4.69) is 20.8 Å². The van der Waals surface area contributed by atoms with Crippen LogP contribution in [0.3, 0.4) is 0 Å². The van der Waals surface area contributed by atoms with Crippen molar-refractivity contribution in [2.24, 2.45) is 5.41 Å². The van der Waals surface area contributed by atoms with Crippen molar-refractivity contribution in [2.45, 2.75) is 52.5 Å². The topological polar surface area (TPSA) is 86.9 Å². The van der Waals surface area contributed by atoms with Gasteiger partial charge in [-0.1, -0.05) is 20.8 Å². The second-order valence-electron chi connectivity index (χ2n) is 6.48. The van der Waals surface area contributed by atoms with Crippen LogP contribution >= 0.6 is 0 Å². The van der Waals surface area contributed by atoms with Crippen LogP contribution in [0.25, 0.3) is 0 Å². The minimum Gasteiger partial charge on any atom is -0.354 e. The van der Waals surface area contributed by atoms with Crippen molar-refractivity contribution in [2.75, 3.05) is 5.32 Å². The Morgan fingerprint density at radius 1 is 1.35 bits per heavy atom. The Bertz CT molecular complexity index is 509. The Balaban J connectivity index is 1.88. The van der Waals surface area contributed by atoms with Crippen LogP contribution in [0, 0.1) is 5.41 Å². The number of carbonyl (C=O) groups excluding carboxylic acids is 2. The molecule has 1 aromatic rings. The summed E-state index contributed by atoms with van der Waals surface area (Å²) < 4.78 is 0. The smallest absolute Gasteiger partial charge is 0.230 e. The molecule has 1 aliphatic rings. The summed E-state index contributed by atoms with van der Waals surface area (Å²) in [4.78, 5) is 22.8. The van der Waals surface area contributed by atoms with Gasteiger partial charge < -0.3 is 10.6 Å². The zero-order valence-electron chi connectivity index (χ0n) is 12.4. The third-order valence-corrected chi connectivity index (χ3v) is 3.51. The average molecular weight is 278 g/mol. The Hall–Kier alpha value is -1.85. The van der Waals surface area contributed by atoms with Crippen molar-refractivity contribution in [3.8, 4) is 0 Å². The highest BCUT2D eigenvalue weighted by molar-refractivity contribution is 5.93. The summed E-state index contributed by atoms with van der Waals surface area (Å²) in [5, 5.41) is 12.8. The lowest BCUT2D eigenvalue weighted by Crippen LogP contribution is -2.42. The highest BCUT2D eigenvalue weighted by Crippen LogP contribution is 2.36. The molecule has 1 aromatic heterocycles. The summed E-state index contributed by atoms with van der Waals surface area (Å²) in [7, 11) is 0. The monoisotopic (exact) mass is 278 g/mol. The summed E-state index contributed by atoms with van der Waals surface area (Å²) in [6, 6.07) is 2.13. The summed E-state index contributed by atoms with van der Waals surface area (Å²) in [6.45, 7) is 7.11. The molecule has 2 amide bonds. The van der Waals surface area contributed by atoms with Crippen molar-refractivity contribution in [3.05, 3.63) is 11.8 Å². The van der Waals surface area contributed by atoms with Crippen LogP contribution in [0.15, 0.2) is 6.07 Å². The van der Waals surface area contributed by atoms with Gasteiger partial charge in [0.15, 0.2) is 5.82 Å². The molecule has 1 heterocycles. The zero-order valence-corrected chi connectivity index (χ0v) is 12.4. The van der Waals surface area contributed by atoms with E-state index in [0.717, 1.165) is 18.5 Å². The standard InChI is InChI=1S/C14H22N4O2/c1-8(19)15-10-5-9(6-10)11-7-12(18-17-11)16-13(20)14(2,3)4/h7,9-10H,5-6H2,1-4H3,(H,15,19)(H2,16,17,18,20)/t9-,10+. The van der Waals surface area contributed by atoms with E-state index in [1.54, 1.807) is 0 Å². The van der Waals surface area contributed by atoms with E-state index in [9.17, 15) is 9.59 Å². The minimum absolute atomic E-state index is 0.0104. The lowest BCUT2D eigenvalue weighted by Gasteiger charge is -2.34. The molecule has 2 rings (SSSR count). The minimum atomic E-state index is -0.438. The molecular weight excluding hydrogens is 256 g/mol. The number of amides is 2. The first-order valence-corrected chi connectivity index (χ1v) is 6.89. The van der Waals surface area contributed by atoms with Gasteiger partial charge >= 0.3 is 0 Å². The predicted molar refractivity (Wildman–Crippen MR) is 76.3 cm³/mol. The van der Waals surface area contributed by atoms with Crippen LogP contribution in [0.1, 0.15) is 52.1 Å². The van der Waals surface area contributed by atoms with Gasteiger partial charge in [0.25, 0.3) is 0 Å². The van der Waals surface area contributed by atoms with Crippen molar-refractivity contribution in [1.29, 1.82) is 0 Å². The molecule has 1 aliphatic carbocycles. The highest BCUT2D eigenvalue weighted by Gasteiger charge is 2.32. The van der Waals surface area contributed by atoms with Gasteiger partial charge in [-0.05, 0) is 12.8 Å². The van der Waals surface area contributed by atoms with Crippen LogP contribution in [-0.4, -0.2) is 28.1 Å². The first-order chi connectivity index (χ1) is 9.25. The van der Waals surface area contributed by atoms with E-state index in [4.69, 9.17) is 0 Å². The summed E-state index contributed by atoms with van der Waals surface area (Å²) in [5.41, 5.74) is 0.572. The molecule has 110 valence electrons. The van der Waals surface area contributed by atoms with Crippen molar-refractivity contribution in [3.63, 3.8) is 0 Å². The Morgan fingerprint density at radius 2 is 2.00 bits per heavy atom. The lowest BCUT2D eigenvalue weighted by molar-refractivity contribution is -0.123. The molecule has 0 saturated heterocycles.